The van der Waals surface area contributed by atoms with Gasteiger partial charge in [0, 0.05) is 49.8 Å². The first-order chi connectivity index (χ1) is 15.1. The van der Waals surface area contributed by atoms with E-state index in [9.17, 15) is 4.79 Å². The molecule has 1 aliphatic rings. The molecule has 0 atom stereocenters. The fourth-order valence-corrected chi connectivity index (χ4v) is 4.11. The van der Waals surface area contributed by atoms with Gasteiger partial charge >= 0.3 is 0 Å². The van der Waals surface area contributed by atoms with E-state index in [-0.39, 0.29) is 5.91 Å². The Morgan fingerprint density at radius 3 is 2.90 bits per heavy atom. The molecule has 2 aromatic heterocycles. The van der Waals surface area contributed by atoms with Crippen LogP contribution in [0.3, 0.4) is 0 Å². The summed E-state index contributed by atoms with van der Waals surface area (Å²) in [5.41, 5.74) is 5.72. The average Bonchev–Trinajstić information content (AvgIpc) is 3.47. The van der Waals surface area contributed by atoms with E-state index in [0.717, 1.165) is 54.2 Å². The summed E-state index contributed by atoms with van der Waals surface area (Å²) in [6.07, 6.45) is 6.14. The molecule has 7 heteroatoms. The van der Waals surface area contributed by atoms with Crippen molar-refractivity contribution in [1.82, 2.24) is 24.5 Å². The third kappa shape index (κ3) is 3.52. The van der Waals surface area contributed by atoms with Crippen LogP contribution in [0.4, 0.5) is 0 Å². The van der Waals surface area contributed by atoms with Crippen LogP contribution in [-0.4, -0.2) is 51.1 Å². The Morgan fingerprint density at radius 1 is 1.16 bits per heavy atom. The maximum Gasteiger partial charge on any atom is 0.253 e. The zero-order valence-electron chi connectivity index (χ0n) is 17.6. The van der Waals surface area contributed by atoms with Crippen molar-refractivity contribution < 1.29 is 9.53 Å². The molecule has 2 aromatic carbocycles. The van der Waals surface area contributed by atoms with Crippen LogP contribution in [0.1, 0.15) is 27.3 Å². The Morgan fingerprint density at radius 2 is 2.03 bits per heavy atom. The zero-order chi connectivity index (χ0) is 21.4. The van der Waals surface area contributed by atoms with Gasteiger partial charge in [0.15, 0.2) is 5.65 Å². The number of benzene rings is 2. The molecule has 0 spiro atoms. The molecule has 1 amide bonds. The van der Waals surface area contributed by atoms with Gasteiger partial charge in [0.1, 0.15) is 17.9 Å². The molecule has 0 bridgehead atoms. The van der Waals surface area contributed by atoms with Gasteiger partial charge in [-0.05, 0) is 35.7 Å². The molecule has 0 radical (unpaired) electrons. The molecule has 0 N–H and O–H groups in total. The van der Waals surface area contributed by atoms with Crippen molar-refractivity contribution in [3.8, 4) is 16.9 Å². The van der Waals surface area contributed by atoms with E-state index < -0.39 is 0 Å². The lowest BCUT2D eigenvalue weighted by Crippen LogP contribution is -2.21. The number of hydrogen-bond acceptors (Lipinski definition) is 5. The van der Waals surface area contributed by atoms with E-state index in [2.05, 4.69) is 16.3 Å². The molecule has 4 aromatic rings. The van der Waals surface area contributed by atoms with Crippen LogP contribution in [-0.2, 0) is 19.3 Å². The van der Waals surface area contributed by atoms with Gasteiger partial charge in [-0.25, -0.2) is 4.98 Å². The van der Waals surface area contributed by atoms with Gasteiger partial charge in [0.25, 0.3) is 5.91 Å². The fourth-order valence-electron chi connectivity index (χ4n) is 4.11. The molecule has 7 nitrogen and oxygen atoms in total. The van der Waals surface area contributed by atoms with Crippen molar-refractivity contribution in [2.45, 2.75) is 19.3 Å². The standard InChI is InChI=1S/C24H23N5O2/c1-28(2)24(30)18-7-3-6-17(13-18)20-14-25-22(29-15-26-27-23(20)29)10-9-16-5-4-8-21-19(16)11-12-31-21/h3-8,13-15H,9-12H2,1-2H3. The SMILES string of the molecule is CN(C)C(=O)c1cccc(-c2cnc(CCc3cccc4c3CCO4)n3cnnc23)c1. The monoisotopic (exact) mass is 413 g/mol. The van der Waals surface area contributed by atoms with Gasteiger partial charge in [-0.2, -0.15) is 0 Å². The molecule has 3 heterocycles. The highest BCUT2D eigenvalue weighted by molar-refractivity contribution is 5.95. The van der Waals surface area contributed by atoms with Gasteiger partial charge < -0.3 is 9.64 Å². The number of hydrogen-bond donors (Lipinski definition) is 0. The highest BCUT2D eigenvalue weighted by Crippen LogP contribution is 2.29. The minimum Gasteiger partial charge on any atom is -0.493 e. The van der Waals surface area contributed by atoms with Crippen molar-refractivity contribution >= 4 is 11.6 Å². The lowest BCUT2D eigenvalue weighted by Gasteiger charge is -2.12. The Kier molecular flexibility index (Phi) is 4.86. The zero-order valence-corrected chi connectivity index (χ0v) is 17.6. The van der Waals surface area contributed by atoms with Crippen molar-refractivity contribution in [2.75, 3.05) is 20.7 Å². The largest absolute Gasteiger partial charge is 0.493 e. The fraction of sp³-hybridized carbons (Fsp3) is 0.250. The second-order valence-electron chi connectivity index (χ2n) is 7.89. The highest BCUT2D eigenvalue weighted by atomic mass is 16.5. The van der Waals surface area contributed by atoms with E-state index in [1.54, 1.807) is 25.3 Å². The van der Waals surface area contributed by atoms with Gasteiger partial charge in [-0.3, -0.25) is 9.20 Å². The molecule has 0 unspecified atom stereocenters. The number of aryl methyl sites for hydroxylation is 2. The minimum absolute atomic E-state index is 0.0386. The van der Waals surface area contributed by atoms with E-state index in [1.807, 2.05) is 47.0 Å². The number of aromatic nitrogens is 4. The van der Waals surface area contributed by atoms with Crippen molar-refractivity contribution in [1.29, 1.82) is 0 Å². The predicted octanol–water partition coefficient (Wildman–Crippen LogP) is 3.21. The van der Waals surface area contributed by atoms with Crippen LogP contribution in [0, 0.1) is 0 Å². The van der Waals surface area contributed by atoms with E-state index in [1.165, 1.54) is 11.1 Å². The number of rotatable bonds is 5. The molecule has 0 fully saturated rings. The van der Waals surface area contributed by atoms with Crippen LogP contribution in [0.15, 0.2) is 55.0 Å². The van der Waals surface area contributed by atoms with E-state index >= 15 is 0 Å². The molecule has 31 heavy (non-hydrogen) atoms. The summed E-state index contributed by atoms with van der Waals surface area (Å²) >= 11 is 0. The van der Waals surface area contributed by atoms with Gasteiger partial charge in [-0.15, -0.1) is 10.2 Å². The van der Waals surface area contributed by atoms with Crippen molar-refractivity contribution in [3.05, 3.63) is 77.5 Å². The Balaban J connectivity index is 1.46. The summed E-state index contributed by atoms with van der Waals surface area (Å²) in [7, 11) is 3.49. The van der Waals surface area contributed by atoms with Crippen LogP contribution in [0.5, 0.6) is 5.75 Å². The average molecular weight is 413 g/mol. The molecule has 5 rings (SSSR count). The third-order valence-electron chi connectivity index (χ3n) is 5.69. The first kappa shape index (κ1) is 19.2. The summed E-state index contributed by atoms with van der Waals surface area (Å²) in [6, 6.07) is 13.8. The molecule has 0 saturated heterocycles. The normalized spacial score (nSPS) is 12.6. The van der Waals surface area contributed by atoms with Gasteiger partial charge in [-0.1, -0.05) is 24.3 Å². The topological polar surface area (TPSA) is 72.6 Å². The van der Waals surface area contributed by atoms with Crippen LogP contribution >= 0.6 is 0 Å². The van der Waals surface area contributed by atoms with Crippen LogP contribution in [0.25, 0.3) is 16.8 Å². The van der Waals surface area contributed by atoms with Crippen LogP contribution in [0.2, 0.25) is 0 Å². The Labute approximate surface area is 180 Å². The number of fused-ring (bicyclic) bond motifs is 2. The predicted molar refractivity (Wildman–Crippen MR) is 117 cm³/mol. The van der Waals surface area contributed by atoms with Gasteiger partial charge in [0.2, 0.25) is 0 Å². The van der Waals surface area contributed by atoms with Crippen LogP contribution < -0.4 is 4.74 Å². The molecule has 0 aliphatic carbocycles. The molecular weight excluding hydrogens is 390 g/mol. The number of amides is 1. The number of carbonyl (C=O) groups excluding carboxylic acids is 1. The molecular formula is C24H23N5O2. The number of carbonyl (C=O) groups is 1. The Bertz CT molecular complexity index is 1280. The summed E-state index contributed by atoms with van der Waals surface area (Å²) < 4.78 is 7.63. The third-order valence-corrected chi connectivity index (χ3v) is 5.69. The van der Waals surface area contributed by atoms with Crippen molar-refractivity contribution in [3.63, 3.8) is 0 Å². The number of ether oxygens (including phenoxy) is 1. The smallest absolute Gasteiger partial charge is 0.253 e. The van der Waals surface area contributed by atoms with Gasteiger partial charge in [0.05, 0.1) is 6.61 Å². The highest BCUT2D eigenvalue weighted by Gasteiger charge is 2.17. The summed E-state index contributed by atoms with van der Waals surface area (Å²) in [5, 5.41) is 8.46. The summed E-state index contributed by atoms with van der Waals surface area (Å²) in [5.74, 6) is 1.87. The second-order valence-corrected chi connectivity index (χ2v) is 7.89. The lowest BCUT2D eigenvalue weighted by atomic mass is 10.0. The summed E-state index contributed by atoms with van der Waals surface area (Å²) in [4.78, 5) is 18.7. The van der Waals surface area contributed by atoms with E-state index in [0.29, 0.717) is 5.56 Å². The Hall–Kier alpha value is -3.74. The summed E-state index contributed by atoms with van der Waals surface area (Å²) in [6.45, 7) is 0.754. The number of nitrogens with zero attached hydrogens (tertiary/aromatic N) is 5. The molecule has 0 saturated carbocycles. The molecule has 156 valence electrons. The van der Waals surface area contributed by atoms with Crippen molar-refractivity contribution in [2.24, 2.45) is 0 Å². The molecule has 1 aliphatic heterocycles. The first-order valence-corrected chi connectivity index (χ1v) is 10.3. The lowest BCUT2D eigenvalue weighted by molar-refractivity contribution is 0.0827. The quantitative estimate of drug-likeness (QED) is 0.502. The minimum atomic E-state index is -0.0386. The maximum absolute atomic E-state index is 12.4. The van der Waals surface area contributed by atoms with E-state index in [4.69, 9.17) is 9.72 Å². The first-order valence-electron chi connectivity index (χ1n) is 10.3. The second kappa shape index (κ2) is 7.83. The maximum atomic E-state index is 12.4.